The van der Waals surface area contributed by atoms with E-state index in [0.29, 0.717) is 0 Å². The minimum absolute atomic E-state index is 0.384. The molecule has 0 aliphatic heterocycles. The van der Waals surface area contributed by atoms with E-state index < -0.39 is 0 Å². The van der Waals surface area contributed by atoms with E-state index in [-0.39, 0.29) is 6.67 Å². The maximum Gasteiger partial charge on any atom is 0.108 e. The van der Waals surface area contributed by atoms with Crippen LogP contribution in [0, 0.1) is 0 Å². The highest BCUT2D eigenvalue weighted by molar-refractivity contribution is 5.19. The van der Waals surface area contributed by atoms with E-state index in [1.165, 1.54) is 6.08 Å². The van der Waals surface area contributed by atoms with Gasteiger partial charge in [-0.15, -0.1) is 0 Å². The molecule has 0 aliphatic carbocycles. The van der Waals surface area contributed by atoms with Gasteiger partial charge in [-0.2, -0.15) is 0 Å². The molecule has 0 radical (unpaired) electrons. The van der Waals surface area contributed by atoms with Crippen molar-refractivity contribution in [2.75, 3.05) is 20.3 Å². The van der Waals surface area contributed by atoms with Crippen molar-refractivity contribution in [1.82, 2.24) is 5.32 Å². The number of rotatable bonds is 5. The summed E-state index contributed by atoms with van der Waals surface area (Å²) in [6.07, 6.45) is 6.43. The van der Waals surface area contributed by atoms with Crippen LogP contribution in [-0.2, 0) is 0 Å². The molecule has 0 spiro atoms. The summed E-state index contributed by atoms with van der Waals surface area (Å²) in [5, 5.41) is 3.02. The minimum Gasteiger partial charge on any atom is -0.316 e. The summed E-state index contributed by atoms with van der Waals surface area (Å²) in [5.74, 6) is 0. The quantitative estimate of drug-likeness (QED) is 0.602. The van der Waals surface area contributed by atoms with Crippen molar-refractivity contribution in [3.8, 4) is 0 Å². The van der Waals surface area contributed by atoms with Crippen LogP contribution < -0.4 is 5.32 Å². The van der Waals surface area contributed by atoms with Gasteiger partial charge in [0.2, 0.25) is 0 Å². The molecule has 0 aromatic heterocycles. The van der Waals surface area contributed by atoms with Crippen molar-refractivity contribution in [3.05, 3.63) is 23.8 Å². The number of likely N-dealkylation sites (N-methyl/N-ethyl adjacent to an activating group) is 1. The Balaban J connectivity index is 3.88. The Labute approximate surface area is 68.0 Å². The minimum atomic E-state index is -0.384. The van der Waals surface area contributed by atoms with E-state index in [9.17, 15) is 4.39 Å². The van der Waals surface area contributed by atoms with E-state index in [4.69, 9.17) is 0 Å². The highest BCUT2D eigenvalue weighted by Gasteiger charge is 1.87. The lowest BCUT2D eigenvalue weighted by molar-refractivity contribution is 0.561. The van der Waals surface area contributed by atoms with Crippen LogP contribution in [0.25, 0.3) is 0 Å². The average Bonchev–Trinajstić information content (AvgIpc) is 2.01. The molecule has 0 amide bonds. The highest BCUT2D eigenvalue weighted by Crippen LogP contribution is 1.97. The van der Waals surface area contributed by atoms with Crippen LogP contribution in [0.2, 0.25) is 0 Å². The fourth-order valence-electron chi connectivity index (χ4n) is 0.861. The summed E-state index contributed by atoms with van der Waals surface area (Å²) in [6, 6.07) is 0. The molecule has 0 atom stereocenters. The van der Waals surface area contributed by atoms with Crippen molar-refractivity contribution < 1.29 is 4.39 Å². The standard InChI is InChI=1S/C9H16FN/c1-3-5-9(8-11-2)6-4-7-10/h4-6,11H,3,7-8H2,1-2H3/b6-4-,9-5+. The van der Waals surface area contributed by atoms with Crippen LogP contribution in [0.5, 0.6) is 0 Å². The van der Waals surface area contributed by atoms with Gasteiger partial charge in [-0.3, -0.25) is 0 Å². The van der Waals surface area contributed by atoms with E-state index in [1.807, 2.05) is 13.1 Å². The zero-order valence-corrected chi connectivity index (χ0v) is 7.23. The largest absolute Gasteiger partial charge is 0.316 e. The van der Waals surface area contributed by atoms with Crippen LogP contribution in [0.4, 0.5) is 4.39 Å². The van der Waals surface area contributed by atoms with E-state index in [1.54, 1.807) is 0 Å². The molecule has 0 saturated carbocycles. The topological polar surface area (TPSA) is 12.0 Å². The van der Waals surface area contributed by atoms with Gasteiger partial charge in [0.15, 0.2) is 0 Å². The first-order valence-corrected chi connectivity index (χ1v) is 3.91. The summed E-state index contributed by atoms with van der Waals surface area (Å²) in [5.41, 5.74) is 1.15. The lowest BCUT2D eigenvalue weighted by Crippen LogP contribution is -2.09. The third-order valence-corrected chi connectivity index (χ3v) is 1.27. The number of halogens is 1. The molecule has 2 heteroatoms. The van der Waals surface area contributed by atoms with Crippen molar-refractivity contribution in [2.45, 2.75) is 13.3 Å². The number of alkyl halides is 1. The lowest BCUT2D eigenvalue weighted by atomic mass is 10.2. The van der Waals surface area contributed by atoms with Gasteiger partial charge >= 0.3 is 0 Å². The number of nitrogens with one attached hydrogen (secondary N) is 1. The predicted octanol–water partition coefficient (Wildman–Crippen LogP) is 2.07. The molecule has 1 nitrogen and oxygen atoms in total. The molecule has 0 aromatic carbocycles. The molecule has 0 aromatic rings. The Bertz CT molecular complexity index is 138. The Kier molecular flexibility index (Phi) is 7.05. The van der Waals surface area contributed by atoms with Gasteiger partial charge in [0, 0.05) is 6.54 Å². The fourth-order valence-corrected chi connectivity index (χ4v) is 0.861. The first-order chi connectivity index (χ1) is 5.35. The van der Waals surface area contributed by atoms with Gasteiger partial charge in [0.05, 0.1) is 0 Å². The van der Waals surface area contributed by atoms with Gasteiger partial charge in [-0.25, -0.2) is 4.39 Å². The average molecular weight is 157 g/mol. The third kappa shape index (κ3) is 5.80. The van der Waals surface area contributed by atoms with Crippen LogP contribution in [0.1, 0.15) is 13.3 Å². The fraction of sp³-hybridized carbons (Fsp3) is 0.556. The smallest absolute Gasteiger partial charge is 0.108 e. The third-order valence-electron chi connectivity index (χ3n) is 1.27. The Hall–Kier alpha value is -0.630. The van der Waals surface area contributed by atoms with Gasteiger partial charge in [-0.05, 0) is 19.0 Å². The normalized spacial score (nSPS) is 12.8. The zero-order chi connectivity index (χ0) is 8.53. The monoisotopic (exact) mass is 157 g/mol. The molecule has 0 heterocycles. The summed E-state index contributed by atoms with van der Waals surface area (Å²) >= 11 is 0. The molecule has 11 heavy (non-hydrogen) atoms. The number of hydrogen-bond acceptors (Lipinski definition) is 1. The predicted molar refractivity (Wildman–Crippen MR) is 47.4 cm³/mol. The van der Waals surface area contributed by atoms with E-state index >= 15 is 0 Å². The molecule has 0 fully saturated rings. The molecule has 0 unspecified atom stereocenters. The second kappa shape index (κ2) is 7.48. The number of hydrogen-bond donors (Lipinski definition) is 1. The van der Waals surface area contributed by atoms with Crippen molar-refractivity contribution in [1.29, 1.82) is 0 Å². The Morgan fingerprint density at radius 1 is 1.55 bits per heavy atom. The van der Waals surface area contributed by atoms with Crippen molar-refractivity contribution in [3.63, 3.8) is 0 Å². The lowest BCUT2D eigenvalue weighted by Gasteiger charge is -1.98. The summed E-state index contributed by atoms with van der Waals surface area (Å²) in [6.45, 7) is 2.49. The SMILES string of the molecule is CC/C=C(\C=C/CF)CNC. The van der Waals surface area contributed by atoms with Crippen molar-refractivity contribution >= 4 is 0 Å². The van der Waals surface area contributed by atoms with Gasteiger partial charge in [-0.1, -0.05) is 25.2 Å². The molecular formula is C9H16FN. The Morgan fingerprint density at radius 3 is 2.73 bits per heavy atom. The molecule has 0 rings (SSSR count). The van der Waals surface area contributed by atoms with Crippen LogP contribution in [0.3, 0.4) is 0 Å². The van der Waals surface area contributed by atoms with Crippen LogP contribution in [0.15, 0.2) is 23.8 Å². The Morgan fingerprint density at radius 2 is 2.27 bits per heavy atom. The first kappa shape index (κ1) is 10.4. The molecule has 0 aliphatic rings. The first-order valence-electron chi connectivity index (χ1n) is 3.91. The second-order valence-electron chi connectivity index (χ2n) is 2.27. The summed E-state index contributed by atoms with van der Waals surface area (Å²) in [4.78, 5) is 0. The van der Waals surface area contributed by atoms with Gasteiger partial charge in [0.1, 0.15) is 6.67 Å². The van der Waals surface area contributed by atoms with Crippen molar-refractivity contribution in [2.24, 2.45) is 0 Å². The second-order valence-corrected chi connectivity index (χ2v) is 2.27. The molecule has 0 bridgehead atoms. The zero-order valence-electron chi connectivity index (χ0n) is 7.23. The maximum atomic E-state index is 11.7. The van der Waals surface area contributed by atoms with Crippen LogP contribution >= 0.6 is 0 Å². The molecule has 0 saturated heterocycles. The molecule has 1 N–H and O–H groups in total. The molecule has 64 valence electrons. The molecular weight excluding hydrogens is 141 g/mol. The summed E-state index contributed by atoms with van der Waals surface area (Å²) < 4.78 is 11.7. The van der Waals surface area contributed by atoms with Gasteiger partial charge < -0.3 is 5.32 Å². The van der Waals surface area contributed by atoms with Crippen LogP contribution in [-0.4, -0.2) is 20.3 Å². The highest BCUT2D eigenvalue weighted by atomic mass is 19.1. The van der Waals surface area contributed by atoms with E-state index in [0.717, 1.165) is 18.5 Å². The summed E-state index contributed by atoms with van der Waals surface area (Å²) in [7, 11) is 1.88. The van der Waals surface area contributed by atoms with Gasteiger partial charge in [0.25, 0.3) is 0 Å². The maximum absolute atomic E-state index is 11.7. The van der Waals surface area contributed by atoms with E-state index in [2.05, 4.69) is 18.3 Å². The number of allylic oxidation sites excluding steroid dienone is 2.